The molecule has 0 bridgehead atoms. The van der Waals surface area contributed by atoms with Gasteiger partial charge in [0.05, 0.1) is 10.6 Å². The molecule has 0 radical (unpaired) electrons. The van der Waals surface area contributed by atoms with E-state index in [4.69, 9.17) is 20.9 Å². The zero-order valence-corrected chi connectivity index (χ0v) is 13.6. The first-order valence-electron chi connectivity index (χ1n) is 6.87. The second-order valence-electron chi connectivity index (χ2n) is 4.79. The minimum Gasteiger partial charge on any atom is -0.452 e. The number of nitrogens with one attached hydrogen (secondary N) is 1. The van der Waals surface area contributed by atoms with E-state index in [1.54, 1.807) is 6.92 Å². The lowest BCUT2D eigenvalue weighted by Crippen LogP contribution is -2.19. The van der Waals surface area contributed by atoms with Crippen LogP contribution in [0.3, 0.4) is 0 Å². The minimum atomic E-state index is -0.790. The zero-order valence-electron chi connectivity index (χ0n) is 12.9. The molecule has 1 N–H and O–H groups in total. The van der Waals surface area contributed by atoms with Crippen LogP contribution in [-0.2, 0) is 14.3 Å². The van der Waals surface area contributed by atoms with Crippen molar-refractivity contribution in [2.24, 2.45) is 0 Å². The molecule has 2 aromatic rings. The Morgan fingerprint density at radius 2 is 2.20 bits per heavy atom. The summed E-state index contributed by atoms with van der Waals surface area (Å²) in [7, 11) is 0. The Labute approximate surface area is 146 Å². The number of aryl methyl sites for hydroxylation is 1. The summed E-state index contributed by atoms with van der Waals surface area (Å²) in [5.41, 5.74) is 0.695. The number of benzene rings is 1. The Kier molecular flexibility index (Phi) is 5.85. The Bertz CT molecular complexity index is 846. The van der Waals surface area contributed by atoms with Crippen LogP contribution in [0.25, 0.3) is 6.08 Å². The predicted octanol–water partition coefficient (Wildman–Crippen LogP) is 2.74. The SMILES string of the molecule is Cc1cc(NC(=O)COC(=O)/C=C/c2ccc(Cl)c([N+](=O)[O-])c2)on1. The molecule has 1 aromatic carbocycles. The number of anilines is 1. The Hall–Kier alpha value is -3.20. The van der Waals surface area contributed by atoms with Crippen LogP contribution in [0.5, 0.6) is 0 Å². The quantitative estimate of drug-likeness (QED) is 0.361. The molecule has 1 aromatic heterocycles. The van der Waals surface area contributed by atoms with Crippen LogP contribution in [0.4, 0.5) is 11.6 Å². The average molecular weight is 366 g/mol. The van der Waals surface area contributed by atoms with E-state index in [-0.39, 0.29) is 16.6 Å². The van der Waals surface area contributed by atoms with Crippen molar-refractivity contribution >= 4 is 41.1 Å². The molecule has 130 valence electrons. The van der Waals surface area contributed by atoms with Gasteiger partial charge in [0.2, 0.25) is 5.88 Å². The van der Waals surface area contributed by atoms with Gasteiger partial charge in [0.1, 0.15) is 5.02 Å². The average Bonchev–Trinajstić information content (AvgIpc) is 2.96. The van der Waals surface area contributed by atoms with Crippen LogP contribution in [-0.4, -0.2) is 28.6 Å². The first-order chi connectivity index (χ1) is 11.8. The van der Waals surface area contributed by atoms with E-state index in [2.05, 4.69) is 10.5 Å². The van der Waals surface area contributed by atoms with Crippen molar-refractivity contribution in [3.8, 4) is 0 Å². The number of nitro groups is 1. The molecule has 0 saturated heterocycles. The van der Waals surface area contributed by atoms with E-state index < -0.39 is 23.4 Å². The molecule has 0 aliphatic carbocycles. The third-order valence-corrected chi connectivity index (χ3v) is 3.13. The summed E-state index contributed by atoms with van der Waals surface area (Å²) in [6.45, 7) is 1.16. The van der Waals surface area contributed by atoms with Crippen LogP contribution >= 0.6 is 11.6 Å². The Balaban J connectivity index is 1.87. The molecular weight excluding hydrogens is 354 g/mol. The van der Waals surface area contributed by atoms with Crippen molar-refractivity contribution < 1.29 is 23.8 Å². The number of carbonyl (C=O) groups excluding carboxylic acids is 2. The molecule has 25 heavy (non-hydrogen) atoms. The number of nitrogens with zero attached hydrogens (tertiary/aromatic N) is 2. The fourth-order valence-corrected chi connectivity index (χ4v) is 1.90. The summed E-state index contributed by atoms with van der Waals surface area (Å²) in [6, 6.07) is 5.56. The normalized spacial score (nSPS) is 10.6. The van der Waals surface area contributed by atoms with Crippen LogP contribution in [0, 0.1) is 17.0 Å². The Morgan fingerprint density at radius 3 is 2.84 bits per heavy atom. The summed E-state index contributed by atoms with van der Waals surface area (Å²) >= 11 is 5.69. The second-order valence-corrected chi connectivity index (χ2v) is 5.20. The lowest BCUT2D eigenvalue weighted by atomic mass is 10.2. The zero-order chi connectivity index (χ0) is 18.4. The van der Waals surface area contributed by atoms with Crippen molar-refractivity contribution in [2.75, 3.05) is 11.9 Å². The molecule has 0 saturated carbocycles. The number of nitro benzene ring substituents is 1. The molecule has 0 atom stereocenters. The summed E-state index contributed by atoms with van der Waals surface area (Å²) in [5, 5.41) is 16.7. The molecule has 0 spiro atoms. The number of hydrogen-bond acceptors (Lipinski definition) is 7. The van der Waals surface area contributed by atoms with Gasteiger partial charge in [-0.15, -0.1) is 0 Å². The number of esters is 1. The summed E-state index contributed by atoms with van der Waals surface area (Å²) < 4.78 is 9.53. The summed E-state index contributed by atoms with van der Waals surface area (Å²) in [5.74, 6) is -1.25. The van der Waals surface area contributed by atoms with Crippen molar-refractivity contribution in [1.29, 1.82) is 0 Å². The highest BCUT2D eigenvalue weighted by molar-refractivity contribution is 6.32. The molecule has 10 heteroatoms. The third kappa shape index (κ3) is 5.43. The van der Waals surface area contributed by atoms with Crippen LogP contribution < -0.4 is 5.32 Å². The van der Waals surface area contributed by atoms with E-state index in [9.17, 15) is 19.7 Å². The van der Waals surface area contributed by atoms with Crippen molar-refractivity contribution in [2.45, 2.75) is 6.92 Å². The van der Waals surface area contributed by atoms with Crippen LogP contribution in [0.2, 0.25) is 5.02 Å². The topological polar surface area (TPSA) is 125 Å². The van der Waals surface area contributed by atoms with E-state index in [0.29, 0.717) is 11.3 Å². The molecule has 0 aliphatic heterocycles. The van der Waals surface area contributed by atoms with Gasteiger partial charge in [0.25, 0.3) is 11.6 Å². The maximum atomic E-state index is 11.6. The van der Waals surface area contributed by atoms with E-state index in [1.165, 1.54) is 30.3 Å². The molecule has 1 heterocycles. The highest BCUT2D eigenvalue weighted by Gasteiger charge is 2.12. The largest absolute Gasteiger partial charge is 0.452 e. The fraction of sp³-hybridized carbons (Fsp3) is 0.133. The van der Waals surface area contributed by atoms with Gasteiger partial charge in [0.15, 0.2) is 6.61 Å². The number of aromatic nitrogens is 1. The highest BCUT2D eigenvalue weighted by Crippen LogP contribution is 2.25. The number of rotatable bonds is 6. The second kappa shape index (κ2) is 8.06. The first-order valence-corrected chi connectivity index (χ1v) is 7.25. The minimum absolute atomic E-state index is 0.0101. The van der Waals surface area contributed by atoms with Crippen LogP contribution in [0.1, 0.15) is 11.3 Å². The summed E-state index contributed by atoms with van der Waals surface area (Å²) in [6.07, 6.45) is 2.35. The van der Waals surface area contributed by atoms with Gasteiger partial charge in [-0.25, -0.2) is 4.79 Å². The first kappa shape index (κ1) is 18.1. The molecule has 0 unspecified atom stereocenters. The number of carbonyl (C=O) groups is 2. The van der Waals surface area contributed by atoms with Gasteiger partial charge in [-0.2, -0.15) is 0 Å². The number of halogens is 1. The maximum Gasteiger partial charge on any atom is 0.331 e. The van der Waals surface area contributed by atoms with Crippen molar-refractivity contribution in [3.05, 3.63) is 56.7 Å². The van der Waals surface area contributed by atoms with Crippen molar-refractivity contribution in [3.63, 3.8) is 0 Å². The number of amides is 1. The molecule has 9 nitrogen and oxygen atoms in total. The fourth-order valence-electron chi connectivity index (χ4n) is 1.72. The van der Waals surface area contributed by atoms with Gasteiger partial charge in [-0.1, -0.05) is 22.8 Å². The third-order valence-electron chi connectivity index (χ3n) is 2.81. The number of ether oxygens (including phenoxy) is 1. The molecule has 0 fully saturated rings. The van der Waals surface area contributed by atoms with E-state index >= 15 is 0 Å². The Morgan fingerprint density at radius 1 is 1.44 bits per heavy atom. The highest BCUT2D eigenvalue weighted by atomic mass is 35.5. The maximum absolute atomic E-state index is 11.6. The van der Waals surface area contributed by atoms with Crippen LogP contribution in [0.15, 0.2) is 34.9 Å². The van der Waals surface area contributed by atoms with Gasteiger partial charge in [-0.3, -0.25) is 20.2 Å². The van der Waals surface area contributed by atoms with Gasteiger partial charge < -0.3 is 9.26 Å². The molecular formula is C15H12ClN3O6. The van der Waals surface area contributed by atoms with E-state index in [1.807, 2.05) is 0 Å². The lowest BCUT2D eigenvalue weighted by Gasteiger charge is -2.01. The smallest absolute Gasteiger partial charge is 0.331 e. The van der Waals surface area contributed by atoms with Gasteiger partial charge in [0, 0.05) is 18.2 Å². The van der Waals surface area contributed by atoms with E-state index in [0.717, 1.165) is 6.08 Å². The standard InChI is InChI=1S/C15H12ClN3O6/c1-9-6-14(25-18-9)17-13(20)8-24-15(21)5-3-10-2-4-11(16)12(7-10)19(22)23/h2-7H,8H2,1H3,(H,17,20)/b5-3+. The molecule has 1 amide bonds. The molecule has 0 aliphatic rings. The van der Waals surface area contributed by atoms with Crippen molar-refractivity contribution in [1.82, 2.24) is 5.16 Å². The van der Waals surface area contributed by atoms with Gasteiger partial charge in [-0.05, 0) is 24.6 Å². The summed E-state index contributed by atoms with van der Waals surface area (Å²) in [4.78, 5) is 33.3. The monoisotopic (exact) mass is 365 g/mol. The lowest BCUT2D eigenvalue weighted by molar-refractivity contribution is -0.384. The number of hydrogen-bond donors (Lipinski definition) is 1. The van der Waals surface area contributed by atoms with Gasteiger partial charge >= 0.3 is 5.97 Å². The molecule has 2 rings (SSSR count). The predicted molar refractivity (Wildman–Crippen MR) is 88.0 cm³/mol.